The molecule has 4 heterocycles. The first-order valence-electron chi connectivity index (χ1n) is 10.2. The van der Waals surface area contributed by atoms with Crippen LogP contribution in [0.15, 0.2) is 35.6 Å². The molecule has 2 fully saturated rings. The lowest BCUT2D eigenvalue weighted by Gasteiger charge is -2.22. The first-order valence-corrected chi connectivity index (χ1v) is 11.2. The van der Waals surface area contributed by atoms with E-state index in [1.807, 2.05) is 12.3 Å². The number of nitrogens with zero attached hydrogens (tertiary/aromatic N) is 3. The van der Waals surface area contributed by atoms with Crippen molar-refractivity contribution >= 4 is 22.7 Å². The molecule has 0 saturated carbocycles. The lowest BCUT2D eigenvalue weighted by Crippen LogP contribution is -2.22. The monoisotopic (exact) mass is 398 g/mol. The van der Waals surface area contributed by atoms with Crippen LogP contribution in [0.25, 0.3) is 22.3 Å². The maximum absolute atomic E-state index is 5.92. The van der Waals surface area contributed by atoms with Crippen LogP contribution in [0, 0.1) is 0 Å². The van der Waals surface area contributed by atoms with Crippen molar-refractivity contribution in [3.05, 3.63) is 30.5 Å². The van der Waals surface area contributed by atoms with E-state index in [0.29, 0.717) is 6.10 Å². The van der Waals surface area contributed by atoms with E-state index in [1.54, 1.807) is 11.8 Å². The number of fused-ring (bicyclic) bond motifs is 1. The molecule has 28 heavy (non-hydrogen) atoms. The standard InChI is InChI=1S/C21H26N4O2S/c1-2-9-19-17(8-1)18(12-22-19)20-23-24-21(25(20)13-15-7-5-11-26-15)28-14-16-6-3-4-10-27-16/h1-2,8-9,12,15-16,22H,3-7,10-11,13-14H2/t15-,16-/m1/s1. The third-order valence-electron chi connectivity index (χ3n) is 5.63. The van der Waals surface area contributed by atoms with Crippen molar-refractivity contribution in [1.29, 1.82) is 0 Å². The number of rotatable bonds is 6. The van der Waals surface area contributed by atoms with Gasteiger partial charge in [0.05, 0.1) is 18.8 Å². The molecule has 0 bridgehead atoms. The number of ether oxygens (including phenoxy) is 2. The van der Waals surface area contributed by atoms with Gasteiger partial charge in [0.15, 0.2) is 11.0 Å². The number of thioether (sulfide) groups is 1. The molecule has 0 aliphatic carbocycles. The van der Waals surface area contributed by atoms with Crippen molar-refractivity contribution in [1.82, 2.24) is 19.7 Å². The Hall–Kier alpha value is -1.83. The Morgan fingerprint density at radius 2 is 1.89 bits per heavy atom. The van der Waals surface area contributed by atoms with Gasteiger partial charge in [0, 0.05) is 41.6 Å². The summed E-state index contributed by atoms with van der Waals surface area (Å²) in [5, 5.41) is 11.3. The summed E-state index contributed by atoms with van der Waals surface area (Å²) in [6, 6.07) is 8.34. The molecule has 7 heteroatoms. The third-order valence-corrected chi connectivity index (χ3v) is 6.73. The SMILES string of the molecule is c1ccc2c(-c3nnc(SC[C@H]4CCCCO4)n3C[C@H]3CCCO3)c[nH]c2c1. The first kappa shape index (κ1) is 18.2. The Labute approximate surface area is 169 Å². The Bertz CT molecular complexity index is 926. The van der Waals surface area contributed by atoms with Gasteiger partial charge in [-0.1, -0.05) is 30.0 Å². The molecule has 5 rings (SSSR count). The average molecular weight is 399 g/mol. The van der Waals surface area contributed by atoms with Gasteiger partial charge >= 0.3 is 0 Å². The van der Waals surface area contributed by atoms with Gasteiger partial charge < -0.3 is 14.5 Å². The van der Waals surface area contributed by atoms with Crippen molar-refractivity contribution in [3.63, 3.8) is 0 Å². The highest BCUT2D eigenvalue weighted by Crippen LogP contribution is 2.32. The molecule has 2 aromatic heterocycles. The number of aromatic nitrogens is 4. The molecule has 2 aliphatic heterocycles. The predicted octanol–water partition coefficient (Wildman–Crippen LogP) is 4.27. The fraction of sp³-hybridized carbons (Fsp3) is 0.524. The van der Waals surface area contributed by atoms with Crippen LogP contribution in [0.1, 0.15) is 32.1 Å². The fourth-order valence-corrected chi connectivity index (χ4v) is 5.13. The van der Waals surface area contributed by atoms with E-state index in [1.165, 1.54) is 18.2 Å². The molecule has 2 atom stereocenters. The number of aromatic amines is 1. The second kappa shape index (κ2) is 8.27. The summed E-state index contributed by atoms with van der Waals surface area (Å²) < 4.78 is 14.1. The topological polar surface area (TPSA) is 65.0 Å². The zero-order valence-corrected chi connectivity index (χ0v) is 16.8. The Balaban J connectivity index is 1.45. The number of para-hydroxylation sites is 1. The molecular formula is C21H26N4O2S. The summed E-state index contributed by atoms with van der Waals surface area (Å²) in [5.41, 5.74) is 2.22. The summed E-state index contributed by atoms with van der Waals surface area (Å²) >= 11 is 1.76. The predicted molar refractivity (Wildman–Crippen MR) is 111 cm³/mol. The Kier molecular flexibility index (Phi) is 5.38. The molecule has 0 spiro atoms. The van der Waals surface area contributed by atoms with Gasteiger partial charge in [-0.3, -0.25) is 4.57 Å². The van der Waals surface area contributed by atoms with Crippen LogP contribution in [-0.4, -0.2) is 50.9 Å². The van der Waals surface area contributed by atoms with E-state index in [-0.39, 0.29) is 6.10 Å². The van der Waals surface area contributed by atoms with Gasteiger partial charge in [0.25, 0.3) is 0 Å². The lowest BCUT2D eigenvalue weighted by molar-refractivity contribution is 0.0315. The van der Waals surface area contributed by atoms with E-state index < -0.39 is 0 Å². The van der Waals surface area contributed by atoms with E-state index in [4.69, 9.17) is 9.47 Å². The van der Waals surface area contributed by atoms with Crippen molar-refractivity contribution in [2.45, 2.75) is 56.0 Å². The van der Waals surface area contributed by atoms with Crippen LogP contribution in [0.4, 0.5) is 0 Å². The smallest absolute Gasteiger partial charge is 0.191 e. The van der Waals surface area contributed by atoms with Gasteiger partial charge in [-0.05, 0) is 38.2 Å². The maximum atomic E-state index is 5.92. The molecule has 0 unspecified atom stereocenters. The number of benzene rings is 1. The normalized spacial score (nSPS) is 22.9. The third kappa shape index (κ3) is 3.71. The van der Waals surface area contributed by atoms with E-state index >= 15 is 0 Å². The van der Waals surface area contributed by atoms with Gasteiger partial charge in [-0.2, -0.15) is 0 Å². The summed E-state index contributed by atoms with van der Waals surface area (Å²) in [5.74, 6) is 1.84. The van der Waals surface area contributed by atoms with Crippen LogP contribution < -0.4 is 0 Å². The van der Waals surface area contributed by atoms with Crippen LogP contribution >= 0.6 is 11.8 Å². The van der Waals surface area contributed by atoms with Crippen LogP contribution in [0.3, 0.4) is 0 Å². The molecule has 0 amide bonds. The second-order valence-corrected chi connectivity index (χ2v) is 8.59. The quantitative estimate of drug-likeness (QED) is 0.628. The summed E-state index contributed by atoms with van der Waals surface area (Å²) in [4.78, 5) is 3.36. The highest BCUT2D eigenvalue weighted by molar-refractivity contribution is 7.99. The molecule has 1 aromatic carbocycles. The zero-order valence-electron chi connectivity index (χ0n) is 16.0. The number of hydrogen-bond acceptors (Lipinski definition) is 5. The fourth-order valence-electron chi connectivity index (χ4n) is 4.11. The minimum absolute atomic E-state index is 0.241. The van der Waals surface area contributed by atoms with Gasteiger partial charge in [0.2, 0.25) is 0 Å². The summed E-state index contributed by atoms with van der Waals surface area (Å²) in [6.07, 6.45) is 8.42. The molecular weight excluding hydrogens is 372 g/mol. The van der Waals surface area contributed by atoms with E-state index in [0.717, 1.165) is 66.8 Å². The maximum Gasteiger partial charge on any atom is 0.191 e. The molecule has 148 valence electrons. The Morgan fingerprint density at radius 1 is 1.04 bits per heavy atom. The molecule has 2 saturated heterocycles. The van der Waals surface area contributed by atoms with Crippen LogP contribution in [0.2, 0.25) is 0 Å². The molecule has 3 aromatic rings. The minimum atomic E-state index is 0.241. The van der Waals surface area contributed by atoms with Gasteiger partial charge in [-0.15, -0.1) is 10.2 Å². The molecule has 6 nitrogen and oxygen atoms in total. The largest absolute Gasteiger partial charge is 0.377 e. The van der Waals surface area contributed by atoms with Crippen molar-refractivity contribution in [2.75, 3.05) is 19.0 Å². The van der Waals surface area contributed by atoms with Crippen molar-refractivity contribution < 1.29 is 9.47 Å². The zero-order chi connectivity index (χ0) is 18.8. The average Bonchev–Trinajstić information content (AvgIpc) is 3.48. The second-order valence-electron chi connectivity index (χ2n) is 7.60. The number of H-pyrrole nitrogens is 1. The van der Waals surface area contributed by atoms with Crippen LogP contribution in [0.5, 0.6) is 0 Å². The van der Waals surface area contributed by atoms with Gasteiger partial charge in [-0.25, -0.2) is 0 Å². The minimum Gasteiger partial charge on any atom is -0.377 e. The molecule has 0 radical (unpaired) electrons. The highest BCUT2D eigenvalue weighted by atomic mass is 32.2. The van der Waals surface area contributed by atoms with Crippen molar-refractivity contribution in [2.24, 2.45) is 0 Å². The number of nitrogens with one attached hydrogen (secondary N) is 1. The lowest BCUT2D eigenvalue weighted by atomic mass is 10.1. The number of hydrogen-bond donors (Lipinski definition) is 1. The van der Waals surface area contributed by atoms with Crippen LogP contribution in [-0.2, 0) is 16.0 Å². The first-order chi connectivity index (χ1) is 13.9. The van der Waals surface area contributed by atoms with Crippen molar-refractivity contribution in [3.8, 4) is 11.4 Å². The van der Waals surface area contributed by atoms with E-state index in [9.17, 15) is 0 Å². The molecule has 2 aliphatic rings. The Morgan fingerprint density at radius 3 is 2.75 bits per heavy atom. The summed E-state index contributed by atoms with van der Waals surface area (Å²) in [7, 11) is 0. The summed E-state index contributed by atoms with van der Waals surface area (Å²) in [6.45, 7) is 2.54. The van der Waals surface area contributed by atoms with E-state index in [2.05, 4.69) is 37.9 Å². The highest BCUT2D eigenvalue weighted by Gasteiger charge is 2.24. The van der Waals surface area contributed by atoms with Gasteiger partial charge in [0.1, 0.15) is 0 Å². The molecule has 1 N–H and O–H groups in total.